The molecule has 1 atom stereocenters. The highest BCUT2D eigenvalue weighted by Crippen LogP contribution is 2.29. The molecule has 4 nitrogen and oxygen atoms in total. The van der Waals surface area contributed by atoms with Crippen LogP contribution in [0.3, 0.4) is 0 Å². The lowest BCUT2D eigenvalue weighted by Crippen LogP contribution is -2.25. The number of carbonyl (C=O) groups excluding carboxylic acids is 2. The molecule has 20 heavy (non-hydrogen) atoms. The van der Waals surface area contributed by atoms with Gasteiger partial charge in [0.2, 0.25) is 0 Å². The minimum atomic E-state index is -0.402. The SMILES string of the molecule is C/C=C1/C(O)=C(C(=O)[C@@H](C)CCCCCC)C(=O)N1C. The third kappa shape index (κ3) is 3.30. The normalized spacial score (nSPS) is 19.1. The van der Waals surface area contributed by atoms with Gasteiger partial charge in [-0.3, -0.25) is 9.59 Å². The second-order valence-corrected chi connectivity index (χ2v) is 5.38. The number of rotatable bonds is 7. The quantitative estimate of drug-likeness (QED) is 0.574. The molecular formula is C16H25NO3. The van der Waals surface area contributed by atoms with E-state index < -0.39 is 5.91 Å². The first-order valence-corrected chi connectivity index (χ1v) is 7.37. The van der Waals surface area contributed by atoms with E-state index in [4.69, 9.17) is 0 Å². The standard InChI is InChI=1S/C16H25NO3/c1-5-7-8-9-10-11(3)14(18)13-15(19)12(6-2)17(4)16(13)20/h6,11,19H,5,7-10H2,1-4H3/b12-6-/t11-/m0/s1. The van der Waals surface area contributed by atoms with Crippen LogP contribution < -0.4 is 0 Å². The molecule has 0 fully saturated rings. The van der Waals surface area contributed by atoms with Crippen LogP contribution >= 0.6 is 0 Å². The van der Waals surface area contributed by atoms with Crippen molar-refractivity contribution in [3.63, 3.8) is 0 Å². The number of nitrogens with zero attached hydrogens (tertiary/aromatic N) is 1. The van der Waals surface area contributed by atoms with E-state index in [1.165, 1.54) is 11.3 Å². The highest BCUT2D eigenvalue weighted by atomic mass is 16.3. The van der Waals surface area contributed by atoms with E-state index in [9.17, 15) is 14.7 Å². The first-order chi connectivity index (χ1) is 9.45. The number of allylic oxidation sites excluding steroid dienone is 1. The van der Waals surface area contributed by atoms with Gasteiger partial charge in [-0.2, -0.15) is 0 Å². The average Bonchev–Trinajstić information content (AvgIpc) is 2.64. The van der Waals surface area contributed by atoms with E-state index in [2.05, 4.69) is 6.92 Å². The molecule has 0 spiro atoms. The third-order valence-corrected chi connectivity index (χ3v) is 3.82. The van der Waals surface area contributed by atoms with Crippen molar-refractivity contribution >= 4 is 11.7 Å². The fourth-order valence-corrected chi connectivity index (χ4v) is 2.47. The molecule has 0 radical (unpaired) electrons. The molecule has 1 N–H and O–H groups in total. The average molecular weight is 279 g/mol. The molecule has 0 aromatic rings. The summed E-state index contributed by atoms with van der Waals surface area (Å²) >= 11 is 0. The lowest BCUT2D eigenvalue weighted by molar-refractivity contribution is -0.127. The van der Waals surface area contributed by atoms with Gasteiger partial charge in [-0.1, -0.05) is 45.6 Å². The summed E-state index contributed by atoms with van der Waals surface area (Å²) < 4.78 is 0. The number of carbonyl (C=O) groups is 2. The molecule has 0 saturated heterocycles. The zero-order chi connectivity index (χ0) is 15.3. The van der Waals surface area contributed by atoms with Gasteiger partial charge in [-0.25, -0.2) is 0 Å². The lowest BCUT2D eigenvalue weighted by Gasteiger charge is -2.12. The highest BCUT2D eigenvalue weighted by molar-refractivity contribution is 6.23. The molecule has 1 aliphatic heterocycles. The number of hydrogen-bond acceptors (Lipinski definition) is 3. The number of ketones is 1. The van der Waals surface area contributed by atoms with Crippen LogP contribution in [0.4, 0.5) is 0 Å². The molecule has 0 aromatic heterocycles. The van der Waals surface area contributed by atoms with Crippen LogP contribution in [-0.2, 0) is 9.59 Å². The van der Waals surface area contributed by atoms with Crippen molar-refractivity contribution < 1.29 is 14.7 Å². The number of likely N-dealkylation sites (N-methyl/N-ethyl adjacent to an activating group) is 1. The van der Waals surface area contributed by atoms with E-state index >= 15 is 0 Å². The molecule has 0 bridgehead atoms. The molecule has 0 unspecified atom stereocenters. The summed E-state index contributed by atoms with van der Waals surface area (Å²) in [5.74, 6) is -1.04. The molecule has 0 saturated carbocycles. The summed E-state index contributed by atoms with van der Waals surface area (Å²) in [6, 6.07) is 0. The van der Waals surface area contributed by atoms with Gasteiger partial charge < -0.3 is 10.0 Å². The lowest BCUT2D eigenvalue weighted by atomic mass is 9.93. The summed E-state index contributed by atoms with van der Waals surface area (Å²) in [6.45, 7) is 5.70. The molecular weight excluding hydrogens is 254 g/mol. The number of Topliss-reactive ketones (excluding diaryl/α,β-unsaturated/α-hetero) is 1. The number of amides is 1. The predicted octanol–water partition coefficient (Wildman–Crippen LogP) is 3.35. The van der Waals surface area contributed by atoms with E-state index in [1.54, 1.807) is 20.0 Å². The number of hydrogen-bond donors (Lipinski definition) is 1. The van der Waals surface area contributed by atoms with Gasteiger partial charge in [-0.05, 0) is 13.3 Å². The largest absolute Gasteiger partial charge is 0.505 e. The topological polar surface area (TPSA) is 57.6 Å². The van der Waals surface area contributed by atoms with E-state index in [0.29, 0.717) is 5.70 Å². The smallest absolute Gasteiger partial charge is 0.265 e. The van der Waals surface area contributed by atoms with Crippen LogP contribution in [-0.4, -0.2) is 28.7 Å². The molecule has 0 aromatic carbocycles. The first-order valence-electron chi connectivity index (χ1n) is 7.37. The Morgan fingerprint density at radius 3 is 2.50 bits per heavy atom. The van der Waals surface area contributed by atoms with Gasteiger partial charge >= 0.3 is 0 Å². The number of aliphatic hydroxyl groups excluding tert-OH is 1. The summed E-state index contributed by atoms with van der Waals surface area (Å²) in [7, 11) is 1.57. The Hall–Kier alpha value is -1.58. The fourth-order valence-electron chi connectivity index (χ4n) is 2.47. The van der Waals surface area contributed by atoms with Crippen LogP contribution in [0.15, 0.2) is 23.1 Å². The van der Waals surface area contributed by atoms with Crippen LogP contribution in [0.25, 0.3) is 0 Å². The zero-order valence-electron chi connectivity index (χ0n) is 12.9. The van der Waals surface area contributed by atoms with Crippen molar-refractivity contribution in [3.8, 4) is 0 Å². The molecule has 1 aliphatic rings. The minimum absolute atomic E-state index is 0.0522. The Kier molecular flexibility index (Phi) is 5.99. The Labute approximate surface area is 121 Å². The van der Waals surface area contributed by atoms with Gasteiger partial charge in [0.05, 0.1) is 5.70 Å². The second kappa shape index (κ2) is 7.27. The Bertz CT molecular complexity index is 449. The van der Waals surface area contributed by atoms with Gasteiger partial charge in [0.25, 0.3) is 5.91 Å². The number of unbranched alkanes of at least 4 members (excludes halogenated alkanes) is 3. The molecule has 4 heteroatoms. The second-order valence-electron chi connectivity index (χ2n) is 5.38. The third-order valence-electron chi connectivity index (χ3n) is 3.82. The van der Waals surface area contributed by atoms with Crippen molar-refractivity contribution in [2.24, 2.45) is 5.92 Å². The van der Waals surface area contributed by atoms with Gasteiger partial charge in [0.1, 0.15) is 5.57 Å². The Morgan fingerprint density at radius 2 is 2.00 bits per heavy atom. The van der Waals surface area contributed by atoms with E-state index in [0.717, 1.165) is 25.7 Å². The molecule has 1 heterocycles. The first kappa shape index (κ1) is 16.5. The van der Waals surface area contributed by atoms with Crippen LogP contribution in [0.5, 0.6) is 0 Å². The van der Waals surface area contributed by atoms with Gasteiger partial charge in [-0.15, -0.1) is 0 Å². The zero-order valence-corrected chi connectivity index (χ0v) is 12.9. The van der Waals surface area contributed by atoms with Crippen molar-refractivity contribution in [2.75, 3.05) is 7.05 Å². The fraction of sp³-hybridized carbons (Fsp3) is 0.625. The Morgan fingerprint density at radius 1 is 1.35 bits per heavy atom. The van der Waals surface area contributed by atoms with Crippen LogP contribution in [0.2, 0.25) is 0 Å². The maximum Gasteiger partial charge on any atom is 0.265 e. The molecule has 112 valence electrons. The predicted molar refractivity (Wildman–Crippen MR) is 79.1 cm³/mol. The van der Waals surface area contributed by atoms with E-state index in [1.807, 2.05) is 6.92 Å². The van der Waals surface area contributed by atoms with Crippen LogP contribution in [0, 0.1) is 5.92 Å². The maximum atomic E-state index is 12.3. The van der Waals surface area contributed by atoms with Crippen molar-refractivity contribution in [2.45, 2.75) is 52.9 Å². The minimum Gasteiger partial charge on any atom is -0.505 e. The van der Waals surface area contributed by atoms with Gasteiger partial charge in [0, 0.05) is 13.0 Å². The monoisotopic (exact) mass is 279 g/mol. The van der Waals surface area contributed by atoms with Crippen LogP contribution in [0.1, 0.15) is 52.9 Å². The van der Waals surface area contributed by atoms with E-state index in [-0.39, 0.29) is 23.0 Å². The van der Waals surface area contributed by atoms with Crippen molar-refractivity contribution in [1.82, 2.24) is 4.90 Å². The highest BCUT2D eigenvalue weighted by Gasteiger charge is 2.37. The maximum absolute atomic E-state index is 12.3. The van der Waals surface area contributed by atoms with Gasteiger partial charge in [0.15, 0.2) is 11.5 Å². The summed E-state index contributed by atoms with van der Waals surface area (Å²) in [6.07, 6.45) is 6.81. The Balaban J connectivity index is 2.76. The summed E-state index contributed by atoms with van der Waals surface area (Å²) in [4.78, 5) is 25.7. The molecule has 1 amide bonds. The number of aliphatic hydroxyl groups is 1. The molecule has 0 aliphatic carbocycles. The van der Waals surface area contributed by atoms with Crippen molar-refractivity contribution in [1.29, 1.82) is 0 Å². The molecule has 1 rings (SSSR count). The van der Waals surface area contributed by atoms with Crippen molar-refractivity contribution in [3.05, 3.63) is 23.1 Å². The summed E-state index contributed by atoms with van der Waals surface area (Å²) in [5.41, 5.74) is 0.361. The summed E-state index contributed by atoms with van der Waals surface area (Å²) in [5, 5.41) is 10.0.